The molecule has 1 saturated heterocycles. The van der Waals surface area contributed by atoms with Crippen LogP contribution in [-0.2, 0) is 0 Å². The Bertz CT molecular complexity index is 541. The topological polar surface area (TPSA) is 74.9 Å². The second-order valence-corrected chi connectivity index (χ2v) is 5.92. The Kier molecular flexibility index (Phi) is 4.61. The number of piperidine rings is 1. The van der Waals surface area contributed by atoms with Crippen molar-refractivity contribution in [2.24, 2.45) is 5.73 Å². The molecule has 0 saturated carbocycles. The van der Waals surface area contributed by atoms with E-state index in [-0.39, 0.29) is 0 Å². The number of aliphatic hydroxyl groups is 1. The summed E-state index contributed by atoms with van der Waals surface area (Å²) < 4.78 is 5.25. The predicted molar refractivity (Wildman–Crippen MR) is 86.8 cm³/mol. The van der Waals surface area contributed by atoms with E-state index in [2.05, 4.69) is 9.88 Å². The second-order valence-electron chi connectivity index (χ2n) is 5.92. The maximum Gasteiger partial charge on any atom is 0.146 e. The summed E-state index contributed by atoms with van der Waals surface area (Å²) in [7, 11) is 1.62. The van der Waals surface area contributed by atoms with Gasteiger partial charge in [0, 0.05) is 25.2 Å². The molecule has 120 valence electrons. The van der Waals surface area contributed by atoms with Gasteiger partial charge < -0.3 is 25.4 Å². The summed E-state index contributed by atoms with van der Waals surface area (Å²) in [6.07, 6.45) is 6.81. The first kappa shape index (κ1) is 15.3. The van der Waals surface area contributed by atoms with Crippen molar-refractivity contribution in [3.63, 3.8) is 0 Å². The molecule has 3 rings (SSSR count). The highest BCUT2D eigenvalue weighted by molar-refractivity contribution is 5.70. The lowest BCUT2D eigenvalue weighted by Crippen LogP contribution is -2.45. The number of anilines is 1. The zero-order chi connectivity index (χ0) is 15.5. The molecule has 0 bridgehead atoms. The molecule has 6 nitrogen and oxygen atoms in total. The Hall–Kier alpha value is -1.63. The average molecular weight is 304 g/mol. The Morgan fingerprint density at radius 2 is 2.14 bits per heavy atom. The number of aromatic nitrogens is 1. The highest BCUT2D eigenvalue weighted by Gasteiger charge is 2.23. The van der Waals surface area contributed by atoms with Crippen molar-refractivity contribution < 1.29 is 9.84 Å². The van der Waals surface area contributed by atoms with Crippen molar-refractivity contribution in [1.29, 1.82) is 0 Å². The van der Waals surface area contributed by atoms with Crippen LogP contribution in [0.4, 0.5) is 5.69 Å². The van der Waals surface area contributed by atoms with Gasteiger partial charge in [0.2, 0.25) is 0 Å². The first-order valence-corrected chi connectivity index (χ1v) is 7.82. The van der Waals surface area contributed by atoms with Gasteiger partial charge in [-0.1, -0.05) is 0 Å². The number of methoxy groups -OCH3 is 1. The third-order valence-corrected chi connectivity index (χ3v) is 4.45. The van der Waals surface area contributed by atoms with Crippen LogP contribution in [0.25, 0.3) is 6.08 Å². The summed E-state index contributed by atoms with van der Waals surface area (Å²) in [5.74, 6) is 0.704. The molecule has 0 aromatic carbocycles. The van der Waals surface area contributed by atoms with Gasteiger partial charge in [-0.3, -0.25) is 4.98 Å². The van der Waals surface area contributed by atoms with E-state index in [0.717, 1.165) is 50.4 Å². The van der Waals surface area contributed by atoms with Gasteiger partial charge in [0.15, 0.2) is 0 Å². The Labute approximate surface area is 131 Å². The number of nitrogens with two attached hydrogens (primary N) is 1. The molecule has 0 amide bonds. The molecule has 3 heterocycles. The normalized spacial score (nSPS) is 22.7. The van der Waals surface area contributed by atoms with Crippen molar-refractivity contribution in [1.82, 2.24) is 9.88 Å². The van der Waals surface area contributed by atoms with E-state index < -0.39 is 6.23 Å². The molecule has 1 atom stereocenters. The van der Waals surface area contributed by atoms with Crippen molar-refractivity contribution in [3.8, 4) is 5.75 Å². The van der Waals surface area contributed by atoms with E-state index in [1.165, 1.54) is 0 Å². The minimum absolute atomic E-state index is 0.342. The van der Waals surface area contributed by atoms with Gasteiger partial charge in [0.25, 0.3) is 0 Å². The molecule has 0 spiro atoms. The predicted octanol–water partition coefficient (Wildman–Crippen LogP) is 0.665. The number of pyridine rings is 1. The van der Waals surface area contributed by atoms with Crippen molar-refractivity contribution in [2.75, 3.05) is 38.2 Å². The van der Waals surface area contributed by atoms with E-state index in [1.807, 2.05) is 17.0 Å². The number of rotatable bonds is 4. The molecule has 22 heavy (non-hydrogen) atoms. The van der Waals surface area contributed by atoms with E-state index in [4.69, 9.17) is 10.5 Å². The number of nitrogens with zero attached hydrogens (tertiary/aromatic N) is 3. The van der Waals surface area contributed by atoms with Crippen LogP contribution in [0.3, 0.4) is 0 Å². The molecule has 2 aliphatic rings. The second kappa shape index (κ2) is 6.64. The van der Waals surface area contributed by atoms with Crippen LogP contribution in [0.2, 0.25) is 0 Å². The molecule has 3 N–H and O–H groups in total. The highest BCUT2D eigenvalue weighted by Crippen LogP contribution is 2.30. The monoisotopic (exact) mass is 304 g/mol. The molecular formula is C16H24N4O2. The summed E-state index contributed by atoms with van der Waals surface area (Å²) in [5, 5.41) is 10.3. The van der Waals surface area contributed by atoms with Crippen LogP contribution in [0.15, 0.2) is 18.3 Å². The molecule has 1 fully saturated rings. The van der Waals surface area contributed by atoms with Gasteiger partial charge in [-0.05, 0) is 38.1 Å². The highest BCUT2D eigenvalue weighted by atomic mass is 16.5. The summed E-state index contributed by atoms with van der Waals surface area (Å²) in [6, 6.07) is 2.27. The van der Waals surface area contributed by atoms with Gasteiger partial charge in [0.1, 0.15) is 12.0 Å². The summed E-state index contributed by atoms with van der Waals surface area (Å²) in [4.78, 5) is 8.76. The SMILES string of the molecule is COc1cnc2c(c1)N(CCN1CCC(N)CC1)C(O)C=C2. The van der Waals surface area contributed by atoms with Gasteiger partial charge in [-0.15, -0.1) is 0 Å². The summed E-state index contributed by atoms with van der Waals surface area (Å²) >= 11 is 0. The average Bonchev–Trinajstić information content (AvgIpc) is 2.55. The van der Waals surface area contributed by atoms with Gasteiger partial charge in [-0.2, -0.15) is 0 Å². The lowest BCUT2D eigenvalue weighted by atomic mass is 10.1. The fourth-order valence-electron chi connectivity index (χ4n) is 3.02. The first-order valence-electron chi connectivity index (χ1n) is 7.82. The van der Waals surface area contributed by atoms with Gasteiger partial charge in [0.05, 0.1) is 24.7 Å². The van der Waals surface area contributed by atoms with Crippen molar-refractivity contribution in [2.45, 2.75) is 25.1 Å². The van der Waals surface area contributed by atoms with Crippen LogP contribution in [0, 0.1) is 0 Å². The number of fused-ring (bicyclic) bond motifs is 1. The third-order valence-electron chi connectivity index (χ3n) is 4.45. The number of likely N-dealkylation sites (tertiary alicyclic amines) is 1. The number of aliphatic hydroxyl groups excluding tert-OH is 1. The van der Waals surface area contributed by atoms with E-state index in [9.17, 15) is 5.11 Å². The fourth-order valence-corrected chi connectivity index (χ4v) is 3.02. The van der Waals surface area contributed by atoms with E-state index in [1.54, 1.807) is 19.4 Å². The number of hydrogen-bond donors (Lipinski definition) is 2. The molecule has 1 unspecified atom stereocenters. The molecule has 0 radical (unpaired) electrons. The summed E-state index contributed by atoms with van der Waals surface area (Å²) in [5.41, 5.74) is 7.73. The number of hydrogen-bond acceptors (Lipinski definition) is 6. The smallest absolute Gasteiger partial charge is 0.146 e. The molecule has 2 aliphatic heterocycles. The quantitative estimate of drug-likeness (QED) is 0.851. The molecular weight excluding hydrogens is 280 g/mol. The maximum atomic E-state index is 10.3. The minimum atomic E-state index is -0.617. The van der Waals surface area contributed by atoms with Crippen molar-refractivity contribution in [3.05, 3.63) is 24.0 Å². The van der Waals surface area contributed by atoms with E-state index in [0.29, 0.717) is 11.8 Å². The Morgan fingerprint density at radius 3 is 2.86 bits per heavy atom. The first-order chi connectivity index (χ1) is 10.7. The van der Waals surface area contributed by atoms with Gasteiger partial charge in [-0.25, -0.2) is 0 Å². The lowest BCUT2D eigenvalue weighted by Gasteiger charge is -2.36. The molecule has 6 heteroatoms. The zero-order valence-electron chi connectivity index (χ0n) is 13.0. The van der Waals surface area contributed by atoms with Crippen LogP contribution < -0.4 is 15.4 Å². The van der Waals surface area contributed by atoms with Crippen LogP contribution in [-0.4, -0.2) is 60.5 Å². The standard InChI is InChI=1S/C16H24N4O2/c1-22-13-10-15-14(18-11-13)2-3-16(21)20(15)9-8-19-6-4-12(17)5-7-19/h2-3,10-12,16,21H,4-9,17H2,1H3. The number of ether oxygens (including phenoxy) is 1. The lowest BCUT2D eigenvalue weighted by molar-refractivity contribution is 0.189. The van der Waals surface area contributed by atoms with Crippen molar-refractivity contribution >= 4 is 11.8 Å². The molecule has 1 aromatic heterocycles. The third kappa shape index (κ3) is 3.24. The van der Waals surface area contributed by atoms with Crippen LogP contribution in [0.1, 0.15) is 18.5 Å². The Morgan fingerprint density at radius 1 is 1.36 bits per heavy atom. The zero-order valence-corrected chi connectivity index (χ0v) is 13.0. The maximum absolute atomic E-state index is 10.3. The minimum Gasteiger partial charge on any atom is -0.495 e. The molecule has 0 aliphatic carbocycles. The summed E-state index contributed by atoms with van der Waals surface area (Å²) in [6.45, 7) is 3.73. The largest absolute Gasteiger partial charge is 0.495 e. The Balaban J connectivity index is 1.69. The van der Waals surface area contributed by atoms with E-state index >= 15 is 0 Å². The van der Waals surface area contributed by atoms with Crippen LogP contribution in [0.5, 0.6) is 5.75 Å². The fraction of sp³-hybridized carbons (Fsp3) is 0.562. The van der Waals surface area contributed by atoms with Gasteiger partial charge >= 0.3 is 0 Å². The molecule has 1 aromatic rings. The van der Waals surface area contributed by atoms with Crippen LogP contribution >= 0.6 is 0 Å².